The van der Waals surface area contributed by atoms with Crippen molar-refractivity contribution >= 4 is 21.6 Å². The second-order valence-electron chi connectivity index (χ2n) is 5.06. The molecule has 1 rings (SSSR count). The van der Waals surface area contributed by atoms with Gasteiger partial charge in [0, 0.05) is 25.0 Å². The number of nitrogens with zero attached hydrogens (tertiary/aromatic N) is 2. The molecule has 1 aromatic carbocycles. The molecule has 0 saturated carbocycles. The van der Waals surface area contributed by atoms with Crippen LogP contribution in [0.4, 0.5) is 0 Å². The first-order chi connectivity index (χ1) is 9.34. The van der Waals surface area contributed by atoms with Crippen LogP contribution in [0.15, 0.2) is 29.2 Å². The van der Waals surface area contributed by atoms with Crippen LogP contribution in [-0.4, -0.2) is 50.8 Å². The molecule has 4 nitrogen and oxygen atoms in total. The van der Waals surface area contributed by atoms with E-state index < -0.39 is 10.0 Å². The summed E-state index contributed by atoms with van der Waals surface area (Å²) in [5, 5.41) is 0. The quantitative estimate of drug-likeness (QED) is 0.725. The molecule has 0 fully saturated rings. The van der Waals surface area contributed by atoms with Gasteiger partial charge in [-0.3, -0.25) is 0 Å². The van der Waals surface area contributed by atoms with E-state index in [1.54, 1.807) is 24.3 Å². The smallest absolute Gasteiger partial charge is 0.243 e. The maximum Gasteiger partial charge on any atom is 0.243 e. The van der Waals surface area contributed by atoms with E-state index in [4.69, 9.17) is 11.6 Å². The van der Waals surface area contributed by atoms with Gasteiger partial charge in [-0.15, -0.1) is 11.6 Å². The molecule has 0 saturated heterocycles. The Hall–Kier alpha value is -0.620. The third kappa shape index (κ3) is 3.95. The summed E-state index contributed by atoms with van der Waals surface area (Å²) in [5.74, 6) is 0.190. The van der Waals surface area contributed by atoms with Gasteiger partial charge in [0.05, 0.1) is 4.90 Å². The molecule has 1 unspecified atom stereocenters. The van der Waals surface area contributed by atoms with E-state index in [1.807, 2.05) is 32.8 Å². The van der Waals surface area contributed by atoms with Gasteiger partial charge in [-0.25, -0.2) is 8.42 Å². The minimum absolute atomic E-state index is 0.0941. The molecule has 0 radical (unpaired) electrons. The van der Waals surface area contributed by atoms with Crippen LogP contribution in [0.3, 0.4) is 0 Å². The average Bonchev–Trinajstić information content (AvgIpc) is 2.38. The second kappa shape index (κ2) is 7.41. The molecule has 114 valence electrons. The predicted molar refractivity (Wildman–Crippen MR) is 83.6 cm³/mol. The van der Waals surface area contributed by atoms with Crippen molar-refractivity contribution in [3.8, 4) is 0 Å². The van der Waals surface area contributed by atoms with Gasteiger partial charge in [0.25, 0.3) is 0 Å². The normalized spacial score (nSPS) is 13.9. The minimum atomic E-state index is -3.52. The Kier molecular flexibility index (Phi) is 6.45. The van der Waals surface area contributed by atoms with Crippen molar-refractivity contribution in [3.63, 3.8) is 0 Å². The Bertz CT molecular complexity index is 532. The SMILES string of the molecule is CCN(C(C)CN(C)C)S(=O)(=O)c1ccccc1CCl. The van der Waals surface area contributed by atoms with Crippen LogP contribution in [0.25, 0.3) is 0 Å². The molecule has 0 aromatic heterocycles. The largest absolute Gasteiger partial charge is 0.308 e. The monoisotopic (exact) mass is 318 g/mol. The fourth-order valence-corrected chi connectivity index (χ4v) is 4.50. The van der Waals surface area contributed by atoms with Crippen LogP contribution in [0, 0.1) is 0 Å². The van der Waals surface area contributed by atoms with E-state index in [1.165, 1.54) is 4.31 Å². The summed E-state index contributed by atoms with van der Waals surface area (Å²) in [6, 6.07) is 6.81. The highest BCUT2D eigenvalue weighted by molar-refractivity contribution is 7.89. The first-order valence-corrected chi connectivity index (χ1v) is 8.62. The Morgan fingerprint density at radius 2 is 1.85 bits per heavy atom. The molecule has 0 spiro atoms. The van der Waals surface area contributed by atoms with E-state index >= 15 is 0 Å². The van der Waals surface area contributed by atoms with Gasteiger partial charge in [-0.1, -0.05) is 25.1 Å². The van der Waals surface area contributed by atoms with Gasteiger partial charge < -0.3 is 4.90 Å². The Balaban J connectivity index is 3.18. The molecule has 0 N–H and O–H groups in total. The first kappa shape index (κ1) is 17.4. The minimum Gasteiger partial charge on any atom is -0.308 e. The van der Waals surface area contributed by atoms with Crippen molar-refractivity contribution in [2.45, 2.75) is 30.7 Å². The highest BCUT2D eigenvalue weighted by Gasteiger charge is 2.29. The van der Waals surface area contributed by atoms with Crippen LogP contribution in [0.5, 0.6) is 0 Å². The highest BCUT2D eigenvalue weighted by Crippen LogP contribution is 2.23. The molecule has 6 heteroatoms. The maximum atomic E-state index is 12.8. The van der Waals surface area contributed by atoms with E-state index in [0.29, 0.717) is 23.5 Å². The van der Waals surface area contributed by atoms with Crippen molar-refractivity contribution in [1.29, 1.82) is 0 Å². The molecule has 0 bridgehead atoms. The van der Waals surface area contributed by atoms with Crippen LogP contribution in [0.2, 0.25) is 0 Å². The number of alkyl halides is 1. The number of benzene rings is 1. The van der Waals surface area contributed by atoms with E-state index in [2.05, 4.69) is 0 Å². The zero-order chi connectivity index (χ0) is 15.3. The number of likely N-dealkylation sites (N-methyl/N-ethyl adjacent to an activating group) is 2. The number of hydrogen-bond acceptors (Lipinski definition) is 3. The molecule has 0 heterocycles. The van der Waals surface area contributed by atoms with Gasteiger partial charge in [0.15, 0.2) is 0 Å². The lowest BCUT2D eigenvalue weighted by molar-refractivity contribution is 0.271. The summed E-state index contributed by atoms with van der Waals surface area (Å²) in [6.07, 6.45) is 0. The summed E-state index contributed by atoms with van der Waals surface area (Å²) in [4.78, 5) is 2.29. The lowest BCUT2D eigenvalue weighted by Gasteiger charge is -2.29. The lowest BCUT2D eigenvalue weighted by Crippen LogP contribution is -2.43. The topological polar surface area (TPSA) is 40.6 Å². The molecule has 1 aromatic rings. The lowest BCUT2D eigenvalue weighted by atomic mass is 10.2. The van der Waals surface area contributed by atoms with Crippen molar-refractivity contribution in [3.05, 3.63) is 29.8 Å². The first-order valence-electron chi connectivity index (χ1n) is 6.65. The molecule has 20 heavy (non-hydrogen) atoms. The predicted octanol–water partition coefficient (Wildman–Crippen LogP) is 2.39. The van der Waals surface area contributed by atoms with Gasteiger partial charge in [0.2, 0.25) is 10.0 Å². The van der Waals surface area contributed by atoms with Gasteiger partial charge in [-0.05, 0) is 32.6 Å². The van der Waals surface area contributed by atoms with E-state index in [9.17, 15) is 8.42 Å². The Morgan fingerprint density at radius 1 is 1.25 bits per heavy atom. The average molecular weight is 319 g/mol. The molecular formula is C14H23ClN2O2S. The third-order valence-corrected chi connectivity index (χ3v) is 5.61. The zero-order valence-corrected chi connectivity index (χ0v) is 14.1. The maximum absolute atomic E-state index is 12.8. The standard InChI is InChI=1S/C14H23ClN2O2S/c1-5-17(12(2)11-16(3)4)20(18,19)14-9-7-6-8-13(14)10-15/h6-9,12H,5,10-11H2,1-4H3. The van der Waals surface area contributed by atoms with Gasteiger partial charge >= 0.3 is 0 Å². The Morgan fingerprint density at radius 3 is 2.35 bits per heavy atom. The molecule has 0 amide bonds. The van der Waals surface area contributed by atoms with E-state index in [0.717, 1.165) is 0 Å². The second-order valence-corrected chi connectivity index (χ2v) is 7.19. The summed E-state index contributed by atoms with van der Waals surface area (Å²) in [6.45, 7) is 4.89. The molecular weight excluding hydrogens is 296 g/mol. The van der Waals surface area contributed by atoms with Gasteiger partial charge in [-0.2, -0.15) is 4.31 Å². The van der Waals surface area contributed by atoms with Crippen LogP contribution in [0.1, 0.15) is 19.4 Å². The molecule has 1 atom stereocenters. The summed E-state index contributed by atoms with van der Waals surface area (Å²) < 4.78 is 27.2. The third-order valence-electron chi connectivity index (χ3n) is 3.14. The summed E-state index contributed by atoms with van der Waals surface area (Å²) in [5.41, 5.74) is 0.643. The summed E-state index contributed by atoms with van der Waals surface area (Å²) in [7, 11) is 0.352. The van der Waals surface area contributed by atoms with Crippen molar-refractivity contribution in [2.24, 2.45) is 0 Å². The number of sulfonamides is 1. The van der Waals surface area contributed by atoms with Crippen molar-refractivity contribution < 1.29 is 8.42 Å². The zero-order valence-electron chi connectivity index (χ0n) is 12.5. The van der Waals surface area contributed by atoms with Crippen molar-refractivity contribution in [1.82, 2.24) is 9.21 Å². The fraction of sp³-hybridized carbons (Fsp3) is 0.571. The Labute approximate surface area is 127 Å². The van der Waals surface area contributed by atoms with Crippen LogP contribution < -0.4 is 0 Å². The van der Waals surface area contributed by atoms with Crippen LogP contribution >= 0.6 is 11.6 Å². The highest BCUT2D eigenvalue weighted by atomic mass is 35.5. The van der Waals surface area contributed by atoms with Crippen LogP contribution in [-0.2, 0) is 15.9 Å². The van der Waals surface area contributed by atoms with E-state index in [-0.39, 0.29) is 11.9 Å². The molecule has 0 aliphatic rings. The fourth-order valence-electron chi connectivity index (χ4n) is 2.33. The number of halogens is 1. The number of rotatable bonds is 7. The van der Waals surface area contributed by atoms with Gasteiger partial charge in [0.1, 0.15) is 0 Å². The van der Waals surface area contributed by atoms with Crippen molar-refractivity contribution in [2.75, 3.05) is 27.2 Å². The number of hydrogen-bond donors (Lipinski definition) is 0. The summed E-state index contributed by atoms with van der Waals surface area (Å²) >= 11 is 5.86. The molecule has 0 aliphatic heterocycles. The molecule has 0 aliphatic carbocycles.